The van der Waals surface area contributed by atoms with Crippen molar-refractivity contribution >= 4 is 22.9 Å². The monoisotopic (exact) mass is 301 g/mol. The lowest BCUT2D eigenvalue weighted by Crippen LogP contribution is -2.23. The Kier molecular flexibility index (Phi) is 4.21. The zero-order valence-corrected chi connectivity index (χ0v) is 12.4. The number of rotatable bonds is 4. The molecule has 0 aliphatic carbocycles. The van der Waals surface area contributed by atoms with E-state index >= 15 is 0 Å². The predicted molar refractivity (Wildman–Crippen MR) is 90.2 cm³/mol. The Balaban J connectivity index is 1.79. The number of hydrogen-bond acceptors (Lipinski definition) is 2. The molecule has 23 heavy (non-hydrogen) atoms. The first-order chi connectivity index (χ1) is 11.3. The van der Waals surface area contributed by atoms with Crippen LogP contribution in [-0.2, 0) is 11.3 Å². The summed E-state index contributed by atoms with van der Waals surface area (Å²) >= 11 is 0. The number of carbonyl (C=O) groups excluding carboxylic acids is 1. The van der Waals surface area contributed by atoms with Crippen LogP contribution in [0.25, 0.3) is 17.0 Å². The van der Waals surface area contributed by atoms with Crippen molar-refractivity contribution in [3.8, 4) is 6.07 Å². The molecule has 0 spiro atoms. The number of nitrogens with one attached hydrogen (secondary N) is 2. The Hall–Kier alpha value is -3.32. The first-order valence-electron chi connectivity index (χ1n) is 7.28. The van der Waals surface area contributed by atoms with Crippen LogP contribution < -0.4 is 5.32 Å². The van der Waals surface area contributed by atoms with E-state index in [1.54, 1.807) is 12.3 Å². The fourth-order valence-electron chi connectivity index (χ4n) is 2.39. The number of amides is 1. The van der Waals surface area contributed by atoms with Crippen molar-refractivity contribution in [2.45, 2.75) is 6.54 Å². The van der Waals surface area contributed by atoms with Crippen LogP contribution in [0.15, 0.2) is 66.4 Å². The van der Waals surface area contributed by atoms with Crippen LogP contribution in [0.5, 0.6) is 0 Å². The largest absolute Gasteiger partial charge is 0.361 e. The Bertz CT molecular complexity index is 901. The number of nitrogens with zero attached hydrogens (tertiary/aromatic N) is 1. The van der Waals surface area contributed by atoms with Gasteiger partial charge >= 0.3 is 0 Å². The molecule has 3 aromatic rings. The minimum absolute atomic E-state index is 0.0886. The van der Waals surface area contributed by atoms with E-state index in [0.717, 1.165) is 22.0 Å². The number of para-hydroxylation sites is 1. The zero-order chi connectivity index (χ0) is 16.1. The number of aromatic amines is 1. The van der Waals surface area contributed by atoms with Gasteiger partial charge < -0.3 is 10.3 Å². The summed E-state index contributed by atoms with van der Waals surface area (Å²) in [5.74, 6) is -0.373. The number of hydrogen-bond donors (Lipinski definition) is 2. The number of carbonyl (C=O) groups is 1. The number of fused-ring (bicyclic) bond motifs is 1. The number of nitriles is 1. The summed E-state index contributed by atoms with van der Waals surface area (Å²) in [6.45, 7) is 0.395. The molecule has 1 heterocycles. The van der Waals surface area contributed by atoms with E-state index in [4.69, 9.17) is 0 Å². The van der Waals surface area contributed by atoms with Crippen molar-refractivity contribution in [1.82, 2.24) is 10.3 Å². The van der Waals surface area contributed by atoms with Gasteiger partial charge in [0.1, 0.15) is 11.6 Å². The average Bonchev–Trinajstić information content (AvgIpc) is 3.01. The lowest BCUT2D eigenvalue weighted by Gasteiger charge is -2.04. The van der Waals surface area contributed by atoms with E-state index in [9.17, 15) is 10.1 Å². The van der Waals surface area contributed by atoms with E-state index in [-0.39, 0.29) is 11.5 Å². The maximum Gasteiger partial charge on any atom is 0.262 e. The molecule has 0 aliphatic heterocycles. The fourth-order valence-corrected chi connectivity index (χ4v) is 2.39. The normalized spacial score (nSPS) is 11.2. The molecule has 3 rings (SSSR count). The zero-order valence-electron chi connectivity index (χ0n) is 12.4. The summed E-state index contributed by atoms with van der Waals surface area (Å²) in [6.07, 6.45) is 3.41. The summed E-state index contributed by atoms with van der Waals surface area (Å²) in [5, 5.41) is 13.0. The average molecular weight is 301 g/mol. The molecule has 0 bridgehead atoms. The van der Waals surface area contributed by atoms with Crippen LogP contribution in [0.2, 0.25) is 0 Å². The summed E-state index contributed by atoms with van der Waals surface area (Å²) in [4.78, 5) is 15.3. The maximum atomic E-state index is 12.2. The first kappa shape index (κ1) is 14.6. The van der Waals surface area contributed by atoms with Crippen LogP contribution in [0.4, 0.5) is 0 Å². The van der Waals surface area contributed by atoms with Crippen molar-refractivity contribution in [2.75, 3.05) is 0 Å². The second-order valence-electron chi connectivity index (χ2n) is 5.13. The fraction of sp³-hybridized carbons (Fsp3) is 0.0526. The Labute approximate surface area is 134 Å². The van der Waals surface area contributed by atoms with Gasteiger partial charge in [-0.25, -0.2) is 0 Å². The summed E-state index contributed by atoms with van der Waals surface area (Å²) < 4.78 is 0. The van der Waals surface area contributed by atoms with Crippen LogP contribution >= 0.6 is 0 Å². The predicted octanol–water partition coefficient (Wildman–Crippen LogP) is 3.39. The molecule has 4 nitrogen and oxygen atoms in total. The van der Waals surface area contributed by atoms with Crippen LogP contribution in [0.3, 0.4) is 0 Å². The van der Waals surface area contributed by atoms with Gasteiger partial charge in [-0.1, -0.05) is 48.5 Å². The third-order valence-corrected chi connectivity index (χ3v) is 3.58. The molecule has 4 heteroatoms. The van der Waals surface area contributed by atoms with Gasteiger partial charge in [-0.3, -0.25) is 4.79 Å². The first-order valence-corrected chi connectivity index (χ1v) is 7.28. The van der Waals surface area contributed by atoms with Gasteiger partial charge in [-0.2, -0.15) is 5.26 Å². The van der Waals surface area contributed by atoms with Crippen molar-refractivity contribution < 1.29 is 4.79 Å². The molecular formula is C19H15N3O. The quantitative estimate of drug-likeness (QED) is 0.573. The number of H-pyrrole nitrogens is 1. The SMILES string of the molecule is N#CC(=Cc1c[nH]c2ccccc12)C(=O)NCc1ccccc1. The van der Waals surface area contributed by atoms with Crippen molar-refractivity contribution in [2.24, 2.45) is 0 Å². The van der Waals surface area contributed by atoms with E-state index in [0.29, 0.717) is 6.54 Å². The highest BCUT2D eigenvalue weighted by Gasteiger charge is 2.10. The number of aromatic nitrogens is 1. The highest BCUT2D eigenvalue weighted by molar-refractivity contribution is 6.03. The maximum absolute atomic E-state index is 12.2. The Morgan fingerprint density at radius 1 is 1.13 bits per heavy atom. The minimum Gasteiger partial charge on any atom is -0.361 e. The molecule has 0 radical (unpaired) electrons. The van der Waals surface area contributed by atoms with E-state index < -0.39 is 0 Å². The topological polar surface area (TPSA) is 68.7 Å². The van der Waals surface area contributed by atoms with Crippen molar-refractivity contribution in [1.29, 1.82) is 5.26 Å². The minimum atomic E-state index is -0.373. The molecule has 0 fully saturated rings. The third kappa shape index (κ3) is 3.30. The second kappa shape index (κ2) is 6.63. The van der Waals surface area contributed by atoms with Crippen LogP contribution in [0.1, 0.15) is 11.1 Å². The molecule has 0 saturated heterocycles. The standard InChI is InChI=1S/C19H15N3O/c20-11-15(19(23)22-12-14-6-2-1-3-7-14)10-16-13-21-18-9-5-4-8-17(16)18/h1-10,13,21H,12H2,(H,22,23). The molecule has 0 aliphatic rings. The van der Waals surface area contributed by atoms with Gasteiger partial charge in [0.2, 0.25) is 0 Å². The van der Waals surface area contributed by atoms with E-state index in [2.05, 4.69) is 10.3 Å². The van der Waals surface area contributed by atoms with E-state index in [1.807, 2.05) is 60.7 Å². The van der Waals surface area contributed by atoms with Crippen LogP contribution in [-0.4, -0.2) is 10.9 Å². The summed E-state index contributed by atoms with van der Waals surface area (Å²) in [5.41, 5.74) is 2.88. The van der Waals surface area contributed by atoms with Gasteiger partial charge in [-0.15, -0.1) is 0 Å². The summed E-state index contributed by atoms with van der Waals surface area (Å²) in [7, 11) is 0. The van der Waals surface area contributed by atoms with Gasteiger partial charge in [-0.05, 0) is 17.7 Å². The molecule has 2 N–H and O–H groups in total. The molecular weight excluding hydrogens is 286 g/mol. The van der Waals surface area contributed by atoms with Gasteiger partial charge in [0, 0.05) is 29.2 Å². The van der Waals surface area contributed by atoms with Crippen molar-refractivity contribution in [3.63, 3.8) is 0 Å². The highest BCUT2D eigenvalue weighted by atomic mass is 16.1. The molecule has 2 aromatic carbocycles. The smallest absolute Gasteiger partial charge is 0.262 e. The Morgan fingerprint density at radius 3 is 2.65 bits per heavy atom. The van der Waals surface area contributed by atoms with Gasteiger partial charge in [0.15, 0.2) is 0 Å². The Morgan fingerprint density at radius 2 is 1.87 bits per heavy atom. The second-order valence-corrected chi connectivity index (χ2v) is 5.13. The summed E-state index contributed by atoms with van der Waals surface area (Å²) in [6, 6.07) is 19.3. The number of benzene rings is 2. The molecule has 0 unspecified atom stereocenters. The highest BCUT2D eigenvalue weighted by Crippen LogP contribution is 2.20. The molecule has 0 saturated carbocycles. The molecule has 1 aromatic heterocycles. The van der Waals surface area contributed by atoms with E-state index in [1.165, 1.54) is 0 Å². The molecule has 1 amide bonds. The lowest BCUT2D eigenvalue weighted by molar-refractivity contribution is -0.117. The molecule has 112 valence electrons. The van der Waals surface area contributed by atoms with Crippen molar-refractivity contribution in [3.05, 3.63) is 77.5 Å². The lowest BCUT2D eigenvalue weighted by atomic mass is 10.1. The van der Waals surface area contributed by atoms with Crippen LogP contribution in [0, 0.1) is 11.3 Å². The van der Waals surface area contributed by atoms with Gasteiger partial charge in [0.05, 0.1) is 0 Å². The third-order valence-electron chi connectivity index (χ3n) is 3.58. The van der Waals surface area contributed by atoms with Gasteiger partial charge in [0.25, 0.3) is 5.91 Å². The molecule has 0 atom stereocenters.